The lowest BCUT2D eigenvalue weighted by molar-refractivity contribution is -0.123. The molecule has 20 heavy (non-hydrogen) atoms. The van der Waals surface area contributed by atoms with Crippen LogP contribution in [-0.4, -0.2) is 36.5 Å². The molecular formula is C14H24ClN3OS. The van der Waals surface area contributed by atoms with Crippen molar-refractivity contribution in [2.24, 2.45) is 5.73 Å². The van der Waals surface area contributed by atoms with Crippen molar-refractivity contribution in [3.8, 4) is 0 Å². The van der Waals surface area contributed by atoms with Gasteiger partial charge in [0.15, 0.2) is 0 Å². The van der Waals surface area contributed by atoms with Gasteiger partial charge >= 0.3 is 0 Å². The second-order valence-corrected chi connectivity index (χ2v) is 6.09. The predicted octanol–water partition coefficient (Wildman–Crippen LogP) is 1.99. The van der Waals surface area contributed by atoms with E-state index in [1.807, 2.05) is 17.5 Å². The Hall–Kier alpha value is -0.620. The maximum atomic E-state index is 12.0. The van der Waals surface area contributed by atoms with Gasteiger partial charge in [-0.15, -0.1) is 23.7 Å². The lowest BCUT2D eigenvalue weighted by atomic mass is 9.99. The molecular weight excluding hydrogens is 294 g/mol. The molecule has 1 aliphatic rings. The largest absolute Gasteiger partial charge is 0.350 e. The van der Waals surface area contributed by atoms with E-state index in [1.54, 1.807) is 11.3 Å². The number of hydrogen-bond donors (Lipinski definition) is 2. The number of nitrogens with zero attached hydrogens (tertiary/aromatic N) is 1. The number of halogens is 1. The number of carbonyl (C=O) groups excluding carboxylic acids is 1. The molecule has 1 aromatic rings. The monoisotopic (exact) mass is 317 g/mol. The van der Waals surface area contributed by atoms with Crippen LogP contribution in [0.25, 0.3) is 0 Å². The fraction of sp³-hybridized carbons (Fsp3) is 0.643. The highest BCUT2D eigenvalue weighted by molar-refractivity contribution is 7.09. The molecule has 2 heterocycles. The molecule has 0 saturated carbocycles. The van der Waals surface area contributed by atoms with Crippen molar-refractivity contribution < 1.29 is 4.79 Å². The van der Waals surface area contributed by atoms with Crippen LogP contribution in [0.3, 0.4) is 0 Å². The quantitative estimate of drug-likeness (QED) is 0.843. The number of piperidine rings is 1. The second kappa shape index (κ2) is 9.34. The molecule has 1 atom stereocenters. The summed E-state index contributed by atoms with van der Waals surface area (Å²) in [6.45, 7) is 2.89. The highest BCUT2D eigenvalue weighted by atomic mass is 35.5. The number of amides is 1. The highest BCUT2D eigenvalue weighted by Gasteiger charge is 2.23. The molecule has 0 aromatic carbocycles. The predicted molar refractivity (Wildman–Crippen MR) is 86.3 cm³/mol. The molecule has 0 bridgehead atoms. The van der Waals surface area contributed by atoms with Crippen LogP contribution in [0.1, 0.15) is 30.6 Å². The Morgan fingerprint density at radius 3 is 3.05 bits per heavy atom. The van der Waals surface area contributed by atoms with Crippen LogP contribution in [0.2, 0.25) is 0 Å². The van der Waals surface area contributed by atoms with Crippen molar-refractivity contribution in [3.05, 3.63) is 22.4 Å². The summed E-state index contributed by atoms with van der Waals surface area (Å²) in [5, 5.41) is 5.02. The van der Waals surface area contributed by atoms with Crippen molar-refractivity contribution in [3.63, 3.8) is 0 Å². The third-order valence-electron chi connectivity index (χ3n) is 3.64. The first-order valence-corrected chi connectivity index (χ1v) is 7.91. The summed E-state index contributed by atoms with van der Waals surface area (Å²) in [5.74, 6) is 0.123. The topological polar surface area (TPSA) is 58.4 Å². The zero-order chi connectivity index (χ0) is 13.5. The van der Waals surface area contributed by atoms with Crippen LogP contribution in [0.4, 0.5) is 0 Å². The zero-order valence-corrected chi connectivity index (χ0v) is 13.3. The average Bonchev–Trinajstić information content (AvgIpc) is 2.92. The normalized spacial score (nSPS) is 19.4. The lowest BCUT2D eigenvalue weighted by Crippen LogP contribution is -2.46. The number of nitrogens with two attached hydrogens (primary N) is 1. The maximum Gasteiger partial charge on any atom is 0.234 e. The Morgan fingerprint density at radius 1 is 1.50 bits per heavy atom. The van der Waals surface area contributed by atoms with Gasteiger partial charge in [0.05, 0.1) is 13.1 Å². The summed E-state index contributed by atoms with van der Waals surface area (Å²) in [4.78, 5) is 15.5. The van der Waals surface area contributed by atoms with Gasteiger partial charge in [0.1, 0.15) is 0 Å². The van der Waals surface area contributed by atoms with E-state index < -0.39 is 0 Å². The van der Waals surface area contributed by atoms with Crippen LogP contribution < -0.4 is 11.1 Å². The van der Waals surface area contributed by atoms with E-state index in [-0.39, 0.29) is 18.3 Å². The molecule has 6 heteroatoms. The Bertz CT molecular complexity index is 384. The fourth-order valence-electron chi connectivity index (χ4n) is 2.63. The third kappa shape index (κ3) is 5.40. The van der Waals surface area contributed by atoms with Gasteiger partial charge in [0, 0.05) is 10.9 Å². The molecule has 114 valence electrons. The van der Waals surface area contributed by atoms with Gasteiger partial charge in [-0.2, -0.15) is 0 Å². The van der Waals surface area contributed by atoms with E-state index in [9.17, 15) is 4.79 Å². The zero-order valence-electron chi connectivity index (χ0n) is 11.7. The molecule has 2 rings (SSSR count). The van der Waals surface area contributed by atoms with E-state index in [4.69, 9.17) is 5.73 Å². The van der Waals surface area contributed by atoms with Crippen LogP contribution in [0, 0.1) is 0 Å². The summed E-state index contributed by atoms with van der Waals surface area (Å²) in [6, 6.07) is 4.54. The average molecular weight is 318 g/mol. The molecule has 4 nitrogen and oxygen atoms in total. The van der Waals surface area contributed by atoms with Gasteiger partial charge in [-0.25, -0.2) is 0 Å². The first-order chi connectivity index (χ1) is 9.29. The Morgan fingerprint density at radius 2 is 2.35 bits per heavy atom. The van der Waals surface area contributed by atoms with Gasteiger partial charge < -0.3 is 11.1 Å². The molecule has 1 aromatic heterocycles. The first-order valence-electron chi connectivity index (χ1n) is 7.03. The standard InChI is InChI=1S/C14H23N3OS.ClH/c15-7-6-12-4-1-2-8-17(12)11-14(18)16-10-13-5-3-9-19-13;/h3,5,9,12H,1-2,4,6-8,10-11,15H2,(H,16,18);1H. The minimum absolute atomic E-state index is 0. The summed E-state index contributed by atoms with van der Waals surface area (Å²) < 4.78 is 0. The Kier molecular flexibility index (Phi) is 8.14. The second-order valence-electron chi connectivity index (χ2n) is 5.05. The third-order valence-corrected chi connectivity index (χ3v) is 4.51. The minimum Gasteiger partial charge on any atom is -0.350 e. The Labute approximate surface area is 131 Å². The summed E-state index contributed by atoms with van der Waals surface area (Å²) in [7, 11) is 0. The lowest BCUT2D eigenvalue weighted by Gasteiger charge is -2.35. The summed E-state index contributed by atoms with van der Waals surface area (Å²) >= 11 is 1.67. The van der Waals surface area contributed by atoms with E-state index in [0.29, 0.717) is 25.7 Å². The van der Waals surface area contributed by atoms with Gasteiger partial charge in [-0.05, 0) is 43.8 Å². The smallest absolute Gasteiger partial charge is 0.234 e. The van der Waals surface area contributed by atoms with Crippen LogP contribution in [0.5, 0.6) is 0 Å². The maximum absolute atomic E-state index is 12.0. The van der Waals surface area contributed by atoms with Crippen LogP contribution in [0.15, 0.2) is 17.5 Å². The fourth-order valence-corrected chi connectivity index (χ4v) is 3.27. The molecule has 1 saturated heterocycles. The van der Waals surface area contributed by atoms with E-state index >= 15 is 0 Å². The number of hydrogen-bond acceptors (Lipinski definition) is 4. The van der Waals surface area contributed by atoms with E-state index in [0.717, 1.165) is 13.0 Å². The van der Waals surface area contributed by atoms with Crippen molar-refractivity contribution in [2.45, 2.75) is 38.3 Å². The van der Waals surface area contributed by atoms with Gasteiger partial charge in [-0.3, -0.25) is 9.69 Å². The van der Waals surface area contributed by atoms with Crippen LogP contribution in [-0.2, 0) is 11.3 Å². The molecule has 0 spiro atoms. The molecule has 3 N–H and O–H groups in total. The first kappa shape index (κ1) is 17.4. The number of nitrogens with one attached hydrogen (secondary N) is 1. The number of carbonyl (C=O) groups is 1. The van der Waals surface area contributed by atoms with Crippen molar-refractivity contribution in [1.29, 1.82) is 0 Å². The molecule has 0 aliphatic carbocycles. The minimum atomic E-state index is 0. The Balaban J connectivity index is 0.00000200. The SMILES string of the molecule is Cl.NCCC1CCCCN1CC(=O)NCc1cccs1. The van der Waals surface area contributed by atoms with E-state index in [1.165, 1.54) is 24.1 Å². The molecule has 1 aliphatic heterocycles. The summed E-state index contributed by atoms with van der Waals surface area (Å²) in [5.41, 5.74) is 5.65. The number of rotatable bonds is 6. The van der Waals surface area contributed by atoms with Crippen molar-refractivity contribution >= 4 is 29.7 Å². The summed E-state index contributed by atoms with van der Waals surface area (Å²) in [6.07, 6.45) is 4.63. The molecule has 1 fully saturated rings. The van der Waals surface area contributed by atoms with Crippen molar-refractivity contribution in [2.75, 3.05) is 19.6 Å². The van der Waals surface area contributed by atoms with Gasteiger partial charge in [0.25, 0.3) is 0 Å². The number of thiophene rings is 1. The molecule has 1 unspecified atom stereocenters. The number of likely N-dealkylation sites (tertiary alicyclic amines) is 1. The van der Waals surface area contributed by atoms with Gasteiger partial charge in [0.2, 0.25) is 5.91 Å². The van der Waals surface area contributed by atoms with E-state index in [2.05, 4.69) is 10.2 Å². The molecule has 1 amide bonds. The highest BCUT2D eigenvalue weighted by Crippen LogP contribution is 2.18. The van der Waals surface area contributed by atoms with Gasteiger partial charge in [-0.1, -0.05) is 12.5 Å². The van der Waals surface area contributed by atoms with Crippen molar-refractivity contribution in [1.82, 2.24) is 10.2 Å². The van der Waals surface area contributed by atoms with Crippen LogP contribution >= 0.6 is 23.7 Å². The molecule has 0 radical (unpaired) electrons.